The van der Waals surface area contributed by atoms with Crippen LogP contribution in [0.2, 0.25) is 0 Å². The van der Waals surface area contributed by atoms with Gasteiger partial charge in [-0.15, -0.1) is 16.8 Å². The summed E-state index contributed by atoms with van der Waals surface area (Å²) in [5.74, 6) is 1.26. The number of benzene rings is 1. The van der Waals surface area contributed by atoms with Gasteiger partial charge in [-0.05, 0) is 37.8 Å². The van der Waals surface area contributed by atoms with Crippen molar-refractivity contribution in [1.82, 2.24) is 24.1 Å². The smallest absolute Gasteiger partial charge is 0.263 e. The molecule has 7 nitrogen and oxygen atoms in total. The van der Waals surface area contributed by atoms with Crippen molar-refractivity contribution < 1.29 is 4.79 Å². The highest BCUT2D eigenvalue weighted by Gasteiger charge is 2.27. The van der Waals surface area contributed by atoms with Crippen LogP contribution >= 0.6 is 11.8 Å². The molecule has 152 valence electrons. The summed E-state index contributed by atoms with van der Waals surface area (Å²) in [5, 5.41) is 9.50. The lowest BCUT2D eigenvalue weighted by atomic mass is 9.99. The molecule has 1 amide bonds. The first-order valence-corrected chi connectivity index (χ1v) is 10.8. The minimum Gasteiger partial charge on any atom is -0.342 e. The van der Waals surface area contributed by atoms with E-state index in [-0.39, 0.29) is 16.7 Å². The summed E-state index contributed by atoms with van der Waals surface area (Å²) in [5.41, 5.74) is 0.621. The van der Waals surface area contributed by atoms with Crippen molar-refractivity contribution in [2.45, 2.75) is 43.6 Å². The zero-order chi connectivity index (χ0) is 20.5. The van der Waals surface area contributed by atoms with Gasteiger partial charge in [0, 0.05) is 19.6 Å². The Morgan fingerprint density at radius 1 is 1.31 bits per heavy atom. The van der Waals surface area contributed by atoms with Gasteiger partial charge in [-0.3, -0.25) is 18.6 Å². The first kappa shape index (κ1) is 19.7. The van der Waals surface area contributed by atoms with Crippen LogP contribution in [0.25, 0.3) is 16.7 Å². The average molecular weight is 412 g/mol. The summed E-state index contributed by atoms with van der Waals surface area (Å²) in [4.78, 5) is 27.8. The van der Waals surface area contributed by atoms with Crippen molar-refractivity contribution in [3.63, 3.8) is 0 Å². The molecule has 0 radical (unpaired) electrons. The third-order valence-electron chi connectivity index (χ3n) is 5.52. The lowest BCUT2D eigenvalue weighted by Crippen LogP contribution is -2.41. The van der Waals surface area contributed by atoms with Gasteiger partial charge in [-0.25, -0.2) is 0 Å². The largest absolute Gasteiger partial charge is 0.342 e. The molecule has 4 rings (SSSR count). The second-order valence-electron chi connectivity index (χ2n) is 7.61. The van der Waals surface area contributed by atoms with Crippen LogP contribution in [0.5, 0.6) is 0 Å². The van der Waals surface area contributed by atoms with E-state index in [0.29, 0.717) is 28.8 Å². The zero-order valence-electron chi connectivity index (χ0n) is 16.7. The number of hydrogen-bond acceptors (Lipinski definition) is 5. The second-order valence-corrected chi connectivity index (χ2v) is 8.92. The maximum absolute atomic E-state index is 12.9. The van der Waals surface area contributed by atoms with Crippen LogP contribution in [0.3, 0.4) is 0 Å². The van der Waals surface area contributed by atoms with E-state index in [2.05, 4.69) is 23.7 Å². The first-order valence-electron chi connectivity index (χ1n) is 9.94. The van der Waals surface area contributed by atoms with Crippen molar-refractivity contribution in [2.75, 3.05) is 13.1 Å². The summed E-state index contributed by atoms with van der Waals surface area (Å²) in [6.07, 6.45) is 3.77. The van der Waals surface area contributed by atoms with Gasteiger partial charge >= 0.3 is 0 Å². The molecule has 8 heteroatoms. The van der Waals surface area contributed by atoms with Crippen LogP contribution in [0.15, 0.2) is 46.9 Å². The summed E-state index contributed by atoms with van der Waals surface area (Å²) in [7, 11) is 0. The standard InChI is InChI=1S/C21H25N5O2S/c1-4-11-25-19(28)16-7-5-6-8-17(16)26-20(25)22-23-21(26)29-15(3)18(27)24-12-9-14(2)10-13-24/h4-8,14-15H,1,9-13H2,2-3H3. The molecule has 1 aliphatic rings. The normalized spacial score (nSPS) is 16.4. The Labute approximate surface area is 173 Å². The number of carbonyl (C=O) groups excluding carboxylic acids is 1. The molecule has 29 heavy (non-hydrogen) atoms. The number of fused-ring (bicyclic) bond motifs is 3. The molecule has 2 aromatic heterocycles. The molecule has 0 bridgehead atoms. The predicted octanol–water partition coefficient (Wildman–Crippen LogP) is 2.97. The van der Waals surface area contributed by atoms with Crippen LogP contribution in [0, 0.1) is 5.92 Å². The number of amides is 1. The number of para-hydroxylation sites is 1. The van der Waals surface area contributed by atoms with E-state index in [1.807, 2.05) is 34.4 Å². The maximum atomic E-state index is 12.9. The van der Waals surface area contributed by atoms with Crippen LogP contribution < -0.4 is 5.56 Å². The molecule has 1 aromatic carbocycles. The van der Waals surface area contributed by atoms with E-state index in [4.69, 9.17) is 0 Å². The minimum atomic E-state index is -0.283. The van der Waals surface area contributed by atoms with E-state index in [1.54, 1.807) is 16.7 Å². The number of likely N-dealkylation sites (tertiary alicyclic amines) is 1. The zero-order valence-corrected chi connectivity index (χ0v) is 17.6. The van der Waals surface area contributed by atoms with Crippen molar-refractivity contribution >= 4 is 34.3 Å². The Balaban J connectivity index is 1.72. The predicted molar refractivity (Wildman–Crippen MR) is 115 cm³/mol. The average Bonchev–Trinajstić information content (AvgIpc) is 3.14. The van der Waals surface area contributed by atoms with Crippen molar-refractivity contribution in [2.24, 2.45) is 5.92 Å². The Bertz CT molecular complexity index is 1130. The Hall–Kier alpha value is -2.61. The first-order chi connectivity index (χ1) is 14.0. The molecule has 1 aliphatic heterocycles. The van der Waals surface area contributed by atoms with Gasteiger partial charge in [0.2, 0.25) is 11.7 Å². The summed E-state index contributed by atoms with van der Waals surface area (Å²) in [6.45, 7) is 9.86. The highest BCUT2D eigenvalue weighted by Crippen LogP contribution is 2.27. The molecule has 0 N–H and O–H groups in total. The summed E-state index contributed by atoms with van der Waals surface area (Å²) < 4.78 is 3.43. The fourth-order valence-electron chi connectivity index (χ4n) is 3.80. The number of aromatic nitrogens is 4. The molecule has 3 aromatic rings. The van der Waals surface area contributed by atoms with E-state index in [0.717, 1.165) is 31.4 Å². The monoisotopic (exact) mass is 411 g/mol. The number of nitrogens with zero attached hydrogens (tertiary/aromatic N) is 5. The number of carbonyl (C=O) groups is 1. The fraction of sp³-hybridized carbons (Fsp3) is 0.429. The van der Waals surface area contributed by atoms with Gasteiger partial charge < -0.3 is 4.90 Å². The maximum Gasteiger partial charge on any atom is 0.263 e. The molecule has 0 spiro atoms. The van der Waals surface area contributed by atoms with E-state index in [9.17, 15) is 9.59 Å². The number of rotatable bonds is 5. The third-order valence-corrected chi connectivity index (χ3v) is 6.55. The molecule has 1 fully saturated rings. The van der Waals surface area contributed by atoms with Crippen LogP contribution in [0.1, 0.15) is 26.7 Å². The van der Waals surface area contributed by atoms with Gasteiger partial charge in [-0.2, -0.15) is 0 Å². The van der Waals surface area contributed by atoms with Gasteiger partial charge in [0.15, 0.2) is 5.16 Å². The Morgan fingerprint density at radius 2 is 2.03 bits per heavy atom. The van der Waals surface area contributed by atoms with Crippen LogP contribution in [0.4, 0.5) is 0 Å². The lowest BCUT2D eigenvalue weighted by molar-refractivity contribution is -0.131. The number of allylic oxidation sites excluding steroid dienone is 1. The van der Waals surface area contributed by atoms with Crippen LogP contribution in [-0.2, 0) is 11.3 Å². The molecule has 1 atom stereocenters. The van der Waals surface area contributed by atoms with Gasteiger partial charge in [-0.1, -0.05) is 36.9 Å². The molecule has 1 saturated heterocycles. The Morgan fingerprint density at radius 3 is 2.76 bits per heavy atom. The van der Waals surface area contributed by atoms with Crippen molar-refractivity contribution in [1.29, 1.82) is 0 Å². The minimum absolute atomic E-state index is 0.122. The van der Waals surface area contributed by atoms with Crippen molar-refractivity contribution in [3.8, 4) is 0 Å². The number of thioether (sulfide) groups is 1. The summed E-state index contributed by atoms with van der Waals surface area (Å²) in [6, 6.07) is 7.41. The van der Waals surface area contributed by atoms with E-state index in [1.165, 1.54) is 11.8 Å². The Kier molecular flexibility index (Phi) is 5.45. The molecular formula is C21H25N5O2S. The molecule has 0 saturated carbocycles. The molecule has 3 heterocycles. The number of hydrogen-bond donors (Lipinski definition) is 0. The highest BCUT2D eigenvalue weighted by molar-refractivity contribution is 8.00. The quantitative estimate of drug-likeness (QED) is 0.477. The van der Waals surface area contributed by atoms with Crippen molar-refractivity contribution in [3.05, 3.63) is 47.3 Å². The lowest BCUT2D eigenvalue weighted by Gasteiger charge is -2.31. The van der Waals surface area contributed by atoms with Gasteiger partial charge in [0.05, 0.1) is 16.2 Å². The summed E-state index contributed by atoms with van der Waals surface area (Å²) >= 11 is 1.39. The highest BCUT2D eigenvalue weighted by atomic mass is 32.2. The molecule has 1 unspecified atom stereocenters. The van der Waals surface area contributed by atoms with E-state index < -0.39 is 0 Å². The van der Waals surface area contributed by atoms with E-state index >= 15 is 0 Å². The third kappa shape index (κ3) is 3.57. The second kappa shape index (κ2) is 8.02. The molecule has 0 aliphatic carbocycles. The number of piperidine rings is 1. The SMILES string of the molecule is C=CCn1c(=O)c2ccccc2n2c(SC(C)C(=O)N3CCC(C)CC3)nnc12. The molecular weight excluding hydrogens is 386 g/mol. The van der Waals surface area contributed by atoms with Gasteiger partial charge in [0.25, 0.3) is 5.56 Å². The topological polar surface area (TPSA) is 72.5 Å². The van der Waals surface area contributed by atoms with Crippen LogP contribution in [-0.4, -0.2) is 48.3 Å². The van der Waals surface area contributed by atoms with Gasteiger partial charge in [0.1, 0.15) is 0 Å². The fourth-order valence-corrected chi connectivity index (χ4v) is 4.74.